The van der Waals surface area contributed by atoms with Gasteiger partial charge in [0.1, 0.15) is 41.3 Å². The zero-order valence-electron chi connectivity index (χ0n) is 15.5. The van der Waals surface area contributed by atoms with Crippen LogP contribution in [0.4, 0.5) is 8.78 Å². The molecule has 0 aliphatic heterocycles. The SMILES string of the molecule is C[C@@H](c1cc(-c2ccccc2)no1)[C@](O)(Cn1cncn1)c1cc(F)ccc1F. The molecule has 0 radical (unpaired) electrons. The first-order valence-corrected chi connectivity index (χ1v) is 9.00. The number of rotatable bonds is 6. The number of halogens is 2. The van der Waals surface area contributed by atoms with Gasteiger partial charge in [0.2, 0.25) is 0 Å². The summed E-state index contributed by atoms with van der Waals surface area (Å²) in [6, 6.07) is 14.0. The smallest absolute Gasteiger partial charge is 0.143 e. The lowest BCUT2D eigenvalue weighted by molar-refractivity contribution is -0.0183. The standard InChI is InChI=1S/C21H18F2N4O2/c1-14(20-10-19(26-29-20)15-5-3-2-4-6-15)21(28,11-27-13-24-12-25-27)17-9-16(22)7-8-18(17)23/h2-10,12-14,28H,11H2,1H3/t14-,21+/m0/s1. The third kappa shape index (κ3) is 3.66. The zero-order valence-corrected chi connectivity index (χ0v) is 15.5. The Balaban J connectivity index is 1.77. The lowest BCUT2D eigenvalue weighted by atomic mass is 9.80. The average molecular weight is 396 g/mol. The zero-order chi connectivity index (χ0) is 20.4. The van der Waals surface area contributed by atoms with Gasteiger partial charge in [-0.15, -0.1) is 0 Å². The van der Waals surface area contributed by atoms with E-state index in [2.05, 4.69) is 15.2 Å². The van der Waals surface area contributed by atoms with Crippen molar-refractivity contribution in [1.82, 2.24) is 19.9 Å². The van der Waals surface area contributed by atoms with Gasteiger partial charge in [0.15, 0.2) is 0 Å². The van der Waals surface area contributed by atoms with Gasteiger partial charge in [-0.1, -0.05) is 42.4 Å². The third-order valence-electron chi connectivity index (χ3n) is 5.01. The van der Waals surface area contributed by atoms with Gasteiger partial charge in [-0.2, -0.15) is 5.10 Å². The Morgan fingerprint density at radius 3 is 2.66 bits per heavy atom. The van der Waals surface area contributed by atoms with Gasteiger partial charge in [0, 0.05) is 17.2 Å². The summed E-state index contributed by atoms with van der Waals surface area (Å²) >= 11 is 0. The van der Waals surface area contributed by atoms with Crippen LogP contribution in [0.3, 0.4) is 0 Å². The number of hydrogen-bond acceptors (Lipinski definition) is 5. The Hall–Kier alpha value is -3.39. The first-order valence-electron chi connectivity index (χ1n) is 9.00. The van der Waals surface area contributed by atoms with E-state index in [1.54, 1.807) is 13.0 Å². The molecule has 4 rings (SSSR count). The maximum atomic E-state index is 14.6. The molecule has 0 aliphatic carbocycles. The second kappa shape index (κ2) is 7.56. The van der Waals surface area contributed by atoms with Crippen molar-refractivity contribution < 1.29 is 18.4 Å². The fraction of sp³-hybridized carbons (Fsp3) is 0.190. The summed E-state index contributed by atoms with van der Waals surface area (Å²) < 4.78 is 35.3. The van der Waals surface area contributed by atoms with E-state index in [0.717, 1.165) is 23.8 Å². The van der Waals surface area contributed by atoms with Crippen LogP contribution in [0.5, 0.6) is 0 Å². The molecule has 0 fully saturated rings. The van der Waals surface area contributed by atoms with Crippen LogP contribution in [0.25, 0.3) is 11.3 Å². The van der Waals surface area contributed by atoms with Gasteiger partial charge in [-0.05, 0) is 18.2 Å². The predicted octanol–water partition coefficient (Wildman–Crippen LogP) is 3.90. The third-order valence-corrected chi connectivity index (χ3v) is 5.01. The van der Waals surface area contributed by atoms with E-state index in [4.69, 9.17) is 4.52 Å². The Kier molecular flexibility index (Phi) is 4.94. The molecular weight excluding hydrogens is 378 g/mol. The first-order chi connectivity index (χ1) is 14.0. The van der Waals surface area contributed by atoms with Crippen LogP contribution in [0.15, 0.2) is 71.8 Å². The molecule has 148 valence electrons. The van der Waals surface area contributed by atoms with E-state index in [1.807, 2.05) is 30.3 Å². The molecule has 2 aromatic carbocycles. The molecule has 29 heavy (non-hydrogen) atoms. The van der Waals surface area contributed by atoms with Crippen molar-refractivity contribution in [1.29, 1.82) is 0 Å². The van der Waals surface area contributed by atoms with Crippen LogP contribution < -0.4 is 0 Å². The highest BCUT2D eigenvalue weighted by Crippen LogP contribution is 2.40. The highest BCUT2D eigenvalue weighted by atomic mass is 19.1. The molecule has 0 unspecified atom stereocenters. The minimum atomic E-state index is -1.87. The quantitative estimate of drug-likeness (QED) is 0.535. The van der Waals surface area contributed by atoms with Gasteiger partial charge in [-0.3, -0.25) is 0 Å². The molecule has 2 aromatic heterocycles. The topological polar surface area (TPSA) is 77.0 Å². The number of nitrogens with zero attached hydrogens (tertiary/aromatic N) is 4. The summed E-state index contributed by atoms with van der Waals surface area (Å²) in [5.74, 6) is -1.83. The Morgan fingerprint density at radius 1 is 1.14 bits per heavy atom. The molecule has 2 atom stereocenters. The van der Waals surface area contributed by atoms with Crippen LogP contribution >= 0.6 is 0 Å². The van der Waals surface area contributed by atoms with Crippen molar-refractivity contribution >= 4 is 0 Å². The van der Waals surface area contributed by atoms with Crippen molar-refractivity contribution in [3.05, 3.63) is 90.2 Å². The summed E-state index contributed by atoms with van der Waals surface area (Å²) in [5, 5.41) is 19.6. The molecular formula is C21H18F2N4O2. The monoisotopic (exact) mass is 396 g/mol. The van der Waals surface area contributed by atoms with Crippen LogP contribution in [-0.2, 0) is 12.1 Å². The van der Waals surface area contributed by atoms with Crippen LogP contribution in [0, 0.1) is 11.6 Å². The van der Waals surface area contributed by atoms with Crippen molar-refractivity contribution in [3.63, 3.8) is 0 Å². The van der Waals surface area contributed by atoms with Crippen molar-refractivity contribution in [2.45, 2.75) is 25.0 Å². The summed E-state index contributed by atoms with van der Waals surface area (Å²) in [4.78, 5) is 3.85. The minimum absolute atomic E-state index is 0.157. The van der Waals surface area contributed by atoms with E-state index in [-0.39, 0.29) is 12.1 Å². The molecule has 4 aromatic rings. The van der Waals surface area contributed by atoms with Gasteiger partial charge in [0.05, 0.1) is 12.5 Å². The largest absolute Gasteiger partial charge is 0.382 e. The second-order valence-corrected chi connectivity index (χ2v) is 6.84. The maximum absolute atomic E-state index is 14.6. The van der Waals surface area contributed by atoms with Crippen molar-refractivity contribution in [2.24, 2.45) is 0 Å². The minimum Gasteiger partial charge on any atom is -0.382 e. The van der Waals surface area contributed by atoms with Gasteiger partial charge in [0.25, 0.3) is 0 Å². The van der Waals surface area contributed by atoms with Crippen LogP contribution in [0.2, 0.25) is 0 Å². The number of aromatic nitrogens is 4. The molecule has 2 heterocycles. The van der Waals surface area contributed by atoms with Gasteiger partial charge < -0.3 is 9.63 Å². The lowest BCUT2D eigenvalue weighted by Gasteiger charge is -2.33. The molecule has 1 N–H and O–H groups in total. The summed E-state index contributed by atoms with van der Waals surface area (Å²) in [7, 11) is 0. The lowest BCUT2D eigenvalue weighted by Crippen LogP contribution is -2.38. The highest BCUT2D eigenvalue weighted by Gasteiger charge is 2.42. The molecule has 0 bridgehead atoms. The van der Waals surface area contributed by atoms with Crippen LogP contribution in [0.1, 0.15) is 24.2 Å². The average Bonchev–Trinajstić information content (AvgIpc) is 3.42. The Labute approximate surface area is 165 Å². The summed E-state index contributed by atoms with van der Waals surface area (Å²) in [5.41, 5.74) is -0.646. The fourth-order valence-corrected chi connectivity index (χ4v) is 3.32. The predicted molar refractivity (Wildman–Crippen MR) is 101 cm³/mol. The first kappa shape index (κ1) is 18.9. The molecule has 0 spiro atoms. The van der Waals surface area contributed by atoms with E-state index in [9.17, 15) is 13.9 Å². The number of benzene rings is 2. The van der Waals surface area contributed by atoms with Crippen LogP contribution in [-0.4, -0.2) is 25.0 Å². The molecule has 6 nitrogen and oxygen atoms in total. The van der Waals surface area contributed by atoms with Crippen molar-refractivity contribution in [2.75, 3.05) is 0 Å². The molecule has 0 saturated carbocycles. The molecule has 0 saturated heterocycles. The summed E-state index contributed by atoms with van der Waals surface area (Å²) in [6.45, 7) is 1.51. The number of hydrogen-bond donors (Lipinski definition) is 1. The Bertz CT molecular complexity index is 1100. The van der Waals surface area contributed by atoms with Gasteiger partial charge in [-0.25, -0.2) is 18.4 Å². The van der Waals surface area contributed by atoms with E-state index < -0.39 is 23.2 Å². The van der Waals surface area contributed by atoms with E-state index >= 15 is 0 Å². The molecule has 0 amide bonds. The Morgan fingerprint density at radius 2 is 1.93 bits per heavy atom. The normalized spacial score (nSPS) is 14.5. The second-order valence-electron chi connectivity index (χ2n) is 6.84. The van der Waals surface area contributed by atoms with Crippen molar-refractivity contribution in [3.8, 4) is 11.3 Å². The highest BCUT2D eigenvalue weighted by molar-refractivity contribution is 5.58. The fourth-order valence-electron chi connectivity index (χ4n) is 3.32. The molecule has 8 heteroatoms. The van der Waals surface area contributed by atoms with E-state index in [0.29, 0.717) is 11.5 Å². The number of aliphatic hydroxyl groups is 1. The summed E-state index contributed by atoms with van der Waals surface area (Å²) in [6.07, 6.45) is 2.69. The van der Waals surface area contributed by atoms with E-state index in [1.165, 1.54) is 17.3 Å². The maximum Gasteiger partial charge on any atom is 0.143 e. The molecule has 0 aliphatic rings. The van der Waals surface area contributed by atoms with Gasteiger partial charge >= 0.3 is 0 Å².